The Labute approximate surface area is 169 Å². The minimum absolute atomic E-state index is 0.0545. The third kappa shape index (κ3) is 2.93. The fourth-order valence-corrected chi connectivity index (χ4v) is 3.61. The standard InChI is InChI=1S/C23H15N3O4/c27-21-17-10-3-4-11-20(17)30-23-18(21)12-19(26(28)29)22(25-23)24-13-15-8-5-7-14-6-1-2-9-16(14)15/h1-12H,13H2,(H,24,25). The van der Waals surface area contributed by atoms with Crippen molar-refractivity contribution in [2.45, 2.75) is 6.54 Å². The summed E-state index contributed by atoms with van der Waals surface area (Å²) in [6.45, 7) is 0.332. The van der Waals surface area contributed by atoms with E-state index in [0.717, 1.165) is 16.3 Å². The Kier molecular flexibility index (Phi) is 4.14. The lowest BCUT2D eigenvalue weighted by Crippen LogP contribution is -2.09. The second-order valence-electron chi connectivity index (χ2n) is 6.89. The molecule has 2 heterocycles. The van der Waals surface area contributed by atoms with Gasteiger partial charge in [-0.3, -0.25) is 14.9 Å². The molecule has 0 radical (unpaired) electrons. The van der Waals surface area contributed by atoms with Gasteiger partial charge in [-0.1, -0.05) is 54.6 Å². The molecular weight excluding hydrogens is 382 g/mol. The Morgan fingerprint density at radius 1 is 0.933 bits per heavy atom. The molecule has 3 aromatic carbocycles. The Balaban J connectivity index is 1.62. The van der Waals surface area contributed by atoms with E-state index in [-0.39, 0.29) is 28.0 Å². The van der Waals surface area contributed by atoms with E-state index in [1.165, 1.54) is 6.07 Å². The molecular formula is C23H15N3O4. The first-order valence-corrected chi connectivity index (χ1v) is 9.33. The number of hydrogen-bond donors (Lipinski definition) is 1. The number of benzene rings is 3. The highest BCUT2D eigenvalue weighted by molar-refractivity contribution is 5.90. The fraction of sp³-hybridized carbons (Fsp3) is 0.0435. The first kappa shape index (κ1) is 17.8. The van der Waals surface area contributed by atoms with E-state index in [1.807, 2.05) is 42.5 Å². The molecule has 0 atom stereocenters. The number of rotatable bonds is 4. The topological polar surface area (TPSA) is 98.3 Å². The lowest BCUT2D eigenvalue weighted by atomic mass is 10.0. The molecule has 0 unspecified atom stereocenters. The van der Waals surface area contributed by atoms with Crippen LogP contribution in [-0.4, -0.2) is 9.91 Å². The molecule has 7 heteroatoms. The van der Waals surface area contributed by atoms with E-state index in [4.69, 9.17) is 4.42 Å². The smallest absolute Gasteiger partial charge is 0.312 e. The van der Waals surface area contributed by atoms with Gasteiger partial charge in [0.05, 0.1) is 15.7 Å². The zero-order chi connectivity index (χ0) is 20.7. The van der Waals surface area contributed by atoms with Gasteiger partial charge in [0, 0.05) is 12.6 Å². The lowest BCUT2D eigenvalue weighted by Gasteiger charge is -2.10. The lowest BCUT2D eigenvalue weighted by molar-refractivity contribution is -0.384. The second kappa shape index (κ2) is 6.97. The number of para-hydroxylation sites is 1. The van der Waals surface area contributed by atoms with Crippen molar-refractivity contribution >= 4 is 44.3 Å². The molecule has 2 aromatic heterocycles. The van der Waals surface area contributed by atoms with E-state index in [2.05, 4.69) is 10.3 Å². The maximum Gasteiger partial charge on any atom is 0.312 e. The Morgan fingerprint density at radius 3 is 2.50 bits per heavy atom. The van der Waals surface area contributed by atoms with Crippen molar-refractivity contribution in [3.8, 4) is 0 Å². The van der Waals surface area contributed by atoms with Crippen molar-refractivity contribution in [3.05, 3.63) is 98.7 Å². The monoisotopic (exact) mass is 397 g/mol. The Hall–Kier alpha value is -4.26. The van der Waals surface area contributed by atoms with Crippen molar-refractivity contribution in [2.75, 3.05) is 5.32 Å². The molecule has 0 amide bonds. The number of fused-ring (bicyclic) bond motifs is 3. The van der Waals surface area contributed by atoms with E-state index in [9.17, 15) is 14.9 Å². The molecule has 30 heavy (non-hydrogen) atoms. The predicted octanol–water partition coefficient (Wildman–Crippen LogP) is 5.01. The summed E-state index contributed by atoms with van der Waals surface area (Å²) in [5.41, 5.74) is 0.804. The van der Waals surface area contributed by atoms with E-state index in [1.54, 1.807) is 24.3 Å². The highest BCUT2D eigenvalue weighted by Crippen LogP contribution is 2.28. The first-order valence-electron chi connectivity index (χ1n) is 9.33. The molecule has 5 rings (SSSR count). The molecule has 0 aliphatic rings. The van der Waals surface area contributed by atoms with Crippen LogP contribution < -0.4 is 10.7 Å². The van der Waals surface area contributed by atoms with Crippen LogP contribution in [0.5, 0.6) is 0 Å². The molecule has 0 saturated heterocycles. The zero-order valence-electron chi connectivity index (χ0n) is 15.7. The molecule has 0 saturated carbocycles. The van der Waals surface area contributed by atoms with Crippen molar-refractivity contribution < 1.29 is 9.34 Å². The summed E-state index contributed by atoms with van der Waals surface area (Å²) >= 11 is 0. The molecule has 0 bridgehead atoms. The third-order valence-corrected chi connectivity index (χ3v) is 5.07. The second-order valence-corrected chi connectivity index (χ2v) is 6.89. The number of nitrogens with zero attached hydrogens (tertiary/aromatic N) is 2. The fourth-order valence-electron chi connectivity index (χ4n) is 3.61. The quantitative estimate of drug-likeness (QED) is 0.260. The van der Waals surface area contributed by atoms with E-state index < -0.39 is 4.92 Å². The summed E-state index contributed by atoms with van der Waals surface area (Å²) in [5, 5.41) is 17.3. The molecule has 146 valence electrons. The molecule has 0 aliphatic carbocycles. The zero-order valence-corrected chi connectivity index (χ0v) is 15.7. The van der Waals surface area contributed by atoms with Crippen molar-refractivity contribution in [1.82, 2.24) is 4.98 Å². The molecule has 1 N–H and O–H groups in total. The normalized spacial score (nSPS) is 11.2. The van der Waals surface area contributed by atoms with Gasteiger partial charge in [-0.15, -0.1) is 0 Å². The summed E-state index contributed by atoms with van der Waals surface area (Å²) in [5.74, 6) is 0.0545. The number of anilines is 1. The van der Waals surface area contributed by atoms with Gasteiger partial charge in [0.2, 0.25) is 17.0 Å². The van der Waals surface area contributed by atoms with Gasteiger partial charge < -0.3 is 9.73 Å². The number of aromatic nitrogens is 1. The van der Waals surface area contributed by atoms with Crippen molar-refractivity contribution in [1.29, 1.82) is 0 Å². The van der Waals surface area contributed by atoms with Crippen LogP contribution in [0.15, 0.2) is 82.0 Å². The number of nitro groups is 1. The summed E-state index contributed by atoms with van der Waals surface area (Å²) in [7, 11) is 0. The van der Waals surface area contributed by atoms with Gasteiger partial charge in [0.1, 0.15) is 5.58 Å². The van der Waals surface area contributed by atoms with Crippen molar-refractivity contribution in [2.24, 2.45) is 0 Å². The van der Waals surface area contributed by atoms with Gasteiger partial charge in [-0.05, 0) is 28.5 Å². The molecule has 0 spiro atoms. The SMILES string of the molecule is O=c1c2ccccc2oc2nc(NCc3cccc4ccccc34)c([N+](=O)[O-])cc12. The van der Waals surface area contributed by atoms with E-state index in [0.29, 0.717) is 17.5 Å². The number of nitrogens with one attached hydrogen (secondary N) is 1. The average Bonchev–Trinajstić information content (AvgIpc) is 2.77. The van der Waals surface area contributed by atoms with Crippen LogP contribution in [0, 0.1) is 10.1 Å². The Morgan fingerprint density at radius 2 is 1.67 bits per heavy atom. The van der Waals surface area contributed by atoms with Gasteiger partial charge in [0.25, 0.3) is 0 Å². The summed E-state index contributed by atoms with van der Waals surface area (Å²) < 4.78 is 5.75. The van der Waals surface area contributed by atoms with Crippen LogP contribution in [0.4, 0.5) is 11.5 Å². The van der Waals surface area contributed by atoms with E-state index >= 15 is 0 Å². The third-order valence-electron chi connectivity index (χ3n) is 5.07. The predicted molar refractivity (Wildman–Crippen MR) is 116 cm³/mol. The van der Waals surface area contributed by atoms with Crippen LogP contribution in [0.2, 0.25) is 0 Å². The highest BCUT2D eigenvalue weighted by Gasteiger charge is 2.20. The van der Waals surface area contributed by atoms with Gasteiger partial charge in [0.15, 0.2) is 0 Å². The summed E-state index contributed by atoms with van der Waals surface area (Å²) in [6, 6.07) is 21.8. The highest BCUT2D eigenvalue weighted by atomic mass is 16.6. The molecule has 0 fully saturated rings. The Bertz CT molecular complexity index is 1500. The van der Waals surface area contributed by atoms with Gasteiger partial charge in [-0.2, -0.15) is 4.98 Å². The van der Waals surface area contributed by atoms with Crippen LogP contribution in [-0.2, 0) is 6.54 Å². The molecule has 5 aromatic rings. The van der Waals surface area contributed by atoms with Crippen molar-refractivity contribution in [3.63, 3.8) is 0 Å². The number of hydrogen-bond acceptors (Lipinski definition) is 6. The summed E-state index contributed by atoms with van der Waals surface area (Å²) in [4.78, 5) is 28.1. The molecule has 0 aliphatic heterocycles. The largest absolute Gasteiger partial charge is 0.437 e. The minimum Gasteiger partial charge on any atom is -0.437 e. The average molecular weight is 397 g/mol. The van der Waals surface area contributed by atoms with Crippen LogP contribution in [0.1, 0.15) is 5.56 Å². The molecule has 7 nitrogen and oxygen atoms in total. The number of pyridine rings is 1. The maximum atomic E-state index is 12.8. The van der Waals surface area contributed by atoms with Gasteiger partial charge >= 0.3 is 5.69 Å². The van der Waals surface area contributed by atoms with Crippen LogP contribution >= 0.6 is 0 Å². The maximum absolute atomic E-state index is 12.8. The summed E-state index contributed by atoms with van der Waals surface area (Å²) in [6.07, 6.45) is 0. The van der Waals surface area contributed by atoms with Gasteiger partial charge in [-0.25, -0.2) is 0 Å². The van der Waals surface area contributed by atoms with Crippen LogP contribution in [0.3, 0.4) is 0 Å². The first-order chi connectivity index (χ1) is 14.6. The minimum atomic E-state index is -0.549. The van der Waals surface area contributed by atoms with Crippen LogP contribution in [0.25, 0.3) is 32.8 Å².